The first-order chi connectivity index (χ1) is 8.97. The molecule has 106 valence electrons. The summed E-state index contributed by atoms with van der Waals surface area (Å²) in [5.74, 6) is 0.557. The van der Waals surface area contributed by atoms with Crippen LogP contribution in [-0.4, -0.2) is 19.7 Å². The highest BCUT2D eigenvalue weighted by molar-refractivity contribution is 6.31. The number of alkyl halides is 3. The second-order valence-electron chi connectivity index (χ2n) is 4.66. The van der Waals surface area contributed by atoms with Crippen molar-refractivity contribution < 1.29 is 17.9 Å². The Kier molecular flexibility index (Phi) is 4.58. The topological polar surface area (TPSA) is 21.3 Å². The number of hydrogen-bond acceptors (Lipinski definition) is 2. The van der Waals surface area contributed by atoms with Crippen molar-refractivity contribution >= 4 is 11.6 Å². The van der Waals surface area contributed by atoms with Crippen LogP contribution in [0.25, 0.3) is 0 Å². The number of piperidine rings is 1. The third-order valence-electron chi connectivity index (χ3n) is 3.13. The summed E-state index contributed by atoms with van der Waals surface area (Å²) in [6.07, 6.45) is -2.35. The fourth-order valence-electron chi connectivity index (χ4n) is 2.09. The van der Waals surface area contributed by atoms with Gasteiger partial charge in [-0.1, -0.05) is 11.6 Å². The Morgan fingerprint density at radius 1 is 1.37 bits per heavy atom. The molecule has 1 unspecified atom stereocenters. The van der Waals surface area contributed by atoms with Crippen LogP contribution in [0.4, 0.5) is 13.2 Å². The van der Waals surface area contributed by atoms with Gasteiger partial charge in [0.25, 0.3) is 0 Å². The average molecular weight is 294 g/mol. The van der Waals surface area contributed by atoms with E-state index in [0.29, 0.717) is 12.5 Å². The molecule has 1 aromatic carbocycles. The van der Waals surface area contributed by atoms with E-state index in [9.17, 15) is 13.2 Å². The van der Waals surface area contributed by atoms with Crippen LogP contribution in [0, 0.1) is 5.92 Å². The van der Waals surface area contributed by atoms with Crippen molar-refractivity contribution in [2.45, 2.75) is 19.0 Å². The number of nitrogens with one attached hydrogen (secondary N) is 1. The van der Waals surface area contributed by atoms with Crippen LogP contribution in [0.2, 0.25) is 5.02 Å². The van der Waals surface area contributed by atoms with Crippen molar-refractivity contribution in [3.63, 3.8) is 0 Å². The summed E-state index contributed by atoms with van der Waals surface area (Å²) in [5.41, 5.74) is -0.853. The minimum atomic E-state index is -4.46. The molecule has 0 saturated carbocycles. The highest BCUT2D eigenvalue weighted by atomic mass is 35.5. The maximum atomic E-state index is 12.7. The third kappa shape index (κ3) is 4.01. The summed E-state index contributed by atoms with van der Waals surface area (Å²) in [6, 6.07) is 3.64. The Balaban J connectivity index is 2.00. The fourth-order valence-corrected chi connectivity index (χ4v) is 2.32. The lowest BCUT2D eigenvalue weighted by molar-refractivity contribution is -0.137. The van der Waals surface area contributed by atoms with Gasteiger partial charge in [0.15, 0.2) is 0 Å². The molecule has 1 saturated heterocycles. The lowest BCUT2D eigenvalue weighted by Crippen LogP contribution is -2.33. The van der Waals surface area contributed by atoms with Crippen LogP contribution < -0.4 is 10.1 Å². The maximum absolute atomic E-state index is 12.7. The highest BCUT2D eigenvalue weighted by Crippen LogP contribution is 2.36. The SMILES string of the molecule is FC(F)(F)c1cc(OCC2CCCNC2)ccc1Cl. The fraction of sp³-hybridized carbons (Fsp3) is 0.538. The molecule has 6 heteroatoms. The average Bonchev–Trinajstić information content (AvgIpc) is 2.37. The van der Waals surface area contributed by atoms with E-state index >= 15 is 0 Å². The molecular formula is C13H15ClF3NO. The largest absolute Gasteiger partial charge is 0.493 e. The van der Waals surface area contributed by atoms with Gasteiger partial charge in [0.1, 0.15) is 5.75 Å². The summed E-state index contributed by atoms with van der Waals surface area (Å²) >= 11 is 5.54. The molecule has 0 aliphatic carbocycles. The first kappa shape index (κ1) is 14.5. The molecular weight excluding hydrogens is 279 g/mol. The van der Waals surface area contributed by atoms with Crippen LogP contribution in [0.3, 0.4) is 0 Å². The molecule has 0 aromatic heterocycles. The van der Waals surface area contributed by atoms with Crippen molar-refractivity contribution in [1.29, 1.82) is 0 Å². The number of benzene rings is 1. The van der Waals surface area contributed by atoms with E-state index in [1.54, 1.807) is 0 Å². The van der Waals surface area contributed by atoms with Gasteiger partial charge in [0.2, 0.25) is 0 Å². The number of hydrogen-bond donors (Lipinski definition) is 1. The van der Waals surface area contributed by atoms with Crippen LogP contribution in [0.1, 0.15) is 18.4 Å². The van der Waals surface area contributed by atoms with Crippen molar-refractivity contribution in [1.82, 2.24) is 5.32 Å². The smallest absolute Gasteiger partial charge is 0.417 e. The third-order valence-corrected chi connectivity index (χ3v) is 3.46. The number of halogens is 4. The van der Waals surface area contributed by atoms with Gasteiger partial charge in [-0.15, -0.1) is 0 Å². The quantitative estimate of drug-likeness (QED) is 0.917. The van der Waals surface area contributed by atoms with Crippen molar-refractivity contribution in [3.8, 4) is 5.75 Å². The van der Waals surface area contributed by atoms with E-state index in [2.05, 4.69) is 5.32 Å². The number of rotatable bonds is 3. The predicted molar refractivity (Wildman–Crippen MR) is 67.5 cm³/mol. The van der Waals surface area contributed by atoms with E-state index in [1.807, 2.05) is 0 Å². The standard InChI is InChI=1S/C13H15ClF3NO/c14-12-4-3-10(6-11(12)13(15,16)17)19-8-9-2-1-5-18-7-9/h3-4,6,9,18H,1-2,5,7-8H2. The molecule has 2 rings (SSSR count). The molecule has 1 N–H and O–H groups in total. The normalized spacial score (nSPS) is 20.3. The molecule has 1 aromatic rings. The van der Waals surface area contributed by atoms with Gasteiger partial charge >= 0.3 is 6.18 Å². The zero-order chi connectivity index (χ0) is 13.9. The van der Waals surface area contributed by atoms with Crippen LogP contribution >= 0.6 is 11.6 Å². The minimum absolute atomic E-state index is 0.210. The first-order valence-electron chi connectivity index (χ1n) is 6.17. The van der Waals surface area contributed by atoms with Gasteiger partial charge in [-0.25, -0.2) is 0 Å². The minimum Gasteiger partial charge on any atom is -0.493 e. The van der Waals surface area contributed by atoms with Crippen molar-refractivity contribution in [3.05, 3.63) is 28.8 Å². The van der Waals surface area contributed by atoms with Gasteiger partial charge < -0.3 is 10.1 Å². The zero-order valence-electron chi connectivity index (χ0n) is 10.3. The molecule has 1 aliphatic rings. The monoisotopic (exact) mass is 293 g/mol. The van der Waals surface area contributed by atoms with Gasteiger partial charge in [0.05, 0.1) is 17.2 Å². The van der Waals surface area contributed by atoms with E-state index < -0.39 is 11.7 Å². The van der Waals surface area contributed by atoms with Gasteiger partial charge in [0, 0.05) is 12.5 Å². The summed E-state index contributed by atoms with van der Waals surface area (Å²) in [4.78, 5) is 0. The first-order valence-corrected chi connectivity index (χ1v) is 6.55. The van der Waals surface area contributed by atoms with E-state index in [1.165, 1.54) is 12.1 Å². The Morgan fingerprint density at radius 3 is 2.79 bits per heavy atom. The molecule has 1 atom stereocenters. The molecule has 0 radical (unpaired) electrons. The maximum Gasteiger partial charge on any atom is 0.417 e. The number of ether oxygens (including phenoxy) is 1. The molecule has 0 bridgehead atoms. The molecule has 0 spiro atoms. The zero-order valence-corrected chi connectivity index (χ0v) is 11.0. The van der Waals surface area contributed by atoms with E-state index in [-0.39, 0.29) is 10.8 Å². The van der Waals surface area contributed by atoms with Crippen LogP contribution in [0.5, 0.6) is 5.75 Å². The molecule has 1 fully saturated rings. The van der Waals surface area contributed by atoms with Crippen LogP contribution in [0.15, 0.2) is 18.2 Å². The Morgan fingerprint density at radius 2 is 2.16 bits per heavy atom. The lowest BCUT2D eigenvalue weighted by Gasteiger charge is -2.23. The summed E-state index contributed by atoms with van der Waals surface area (Å²) in [7, 11) is 0. The van der Waals surface area contributed by atoms with Gasteiger partial charge in [-0.2, -0.15) is 13.2 Å². The molecule has 1 aliphatic heterocycles. The molecule has 1 heterocycles. The Bertz CT molecular complexity index is 430. The molecule has 19 heavy (non-hydrogen) atoms. The van der Waals surface area contributed by atoms with E-state index in [4.69, 9.17) is 16.3 Å². The second-order valence-corrected chi connectivity index (χ2v) is 5.07. The van der Waals surface area contributed by atoms with Gasteiger partial charge in [-0.05, 0) is 37.6 Å². The van der Waals surface area contributed by atoms with E-state index in [0.717, 1.165) is 32.0 Å². The highest BCUT2D eigenvalue weighted by Gasteiger charge is 2.33. The lowest BCUT2D eigenvalue weighted by atomic mass is 10.0. The molecule has 2 nitrogen and oxygen atoms in total. The summed E-state index contributed by atoms with van der Waals surface area (Å²) in [5, 5.41) is 2.93. The Hall–Kier alpha value is -0.940. The summed E-state index contributed by atoms with van der Waals surface area (Å²) < 4.78 is 43.5. The van der Waals surface area contributed by atoms with Crippen molar-refractivity contribution in [2.75, 3.05) is 19.7 Å². The molecule has 0 amide bonds. The van der Waals surface area contributed by atoms with Crippen molar-refractivity contribution in [2.24, 2.45) is 5.92 Å². The Labute approximate surface area is 114 Å². The van der Waals surface area contributed by atoms with Crippen LogP contribution in [-0.2, 0) is 6.18 Å². The second kappa shape index (κ2) is 6.01. The summed E-state index contributed by atoms with van der Waals surface area (Å²) in [6.45, 7) is 2.27. The predicted octanol–water partition coefficient (Wildman–Crippen LogP) is 3.74. The van der Waals surface area contributed by atoms with Gasteiger partial charge in [-0.3, -0.25) is 0 Å².